The smallest absolute Gasteiger partial charge is 0.317 e. The highest BCUT2D eigenvalue weighted by molar-refractivity contribution is 5.90. The number of carbonyl (C=O) groups is 1. The van der Waals surface area contributed by atoms with Crippen molar-refractivity contribution in [1.29, 1.82) is 0 Å². The van der Waals surface area contributed by atoms with Crippen molar-refractivity contribution in [3.63, 3.8) is 0 Å². The molecule has 6 nitrogen and oxygen atoms in total. The summed E-state index contributed by atoms with van der Waals surface area (Å²) in [6.07, 6.45) is 4.18. The summed E-state index contributed by atoms with van der Waals surface area (Å²) in [6.45, 7) is 1.61. The van der Waals surface area contributed by atoms with Crippen LogP contribution in [-0.4, -0.2) is 41.1 Å². The predicted octanol–water partition coefficient (Wildman–Crippen LogP) is 0.317. The molecule has 0 aromatic carbocycles. The fourth-order valence-corrected chi connectivity index (χ4v) is 2.07. The Morgan fingerprint density at radius 2 is 2.06 bits per heavy atom. The van der Waals surface area contributed by atoms with E-state index in [1.165, 1.54) is 0 Å². The summed E-state index contributed by atoms with van der Waals surface area (Å²) in [7, 11) is 0. The first kappa shape index (κ1) is 11.0. The molecule has 2 aliphatic rings. The van der Waals surface area contributed by atoms with E-state index in [4.69, 9.17) is 10.9 Å². The molecule has 0 aromatic rings. The molecule has 6 heteroatoms. The molecular formula is C10H18N4O2. The number of nitrogens with one attached hydrogen (secondary N) is 1. The van der Waals surface area contributed by atoms with Gasteiger partial charge in [0, 0.05) is 13.1 Å². The van der Waals surface area contributed by atoms with Gasteiger partial charge in [0.1, 0.15) is 0 Å². The lowest BCUT2D eigenvalue weighted by molar-refractivity contribution is 0.206. The molecule has 1 aliphatic heterocycles. The molecule has 2 rings (SSSR count). The molecule has 1 atom stereocenters. The fourth-order valence-electron chi connectivity index (χ4n) is 2.07. The van der Waals surface area contributed by atoms with E-state index in [1.54, 1.807) is 4.90 Å². The van der Waals surface area contributed by atoms with Crippen molar-refractivity contribution in [2.24, 2.45) is 16.8 Å². The standard InChI is InChI=1S/C10H18N4O2/c11-9(13-16)8(7-3-4-7)12-10(15)14-5-1-2-6-14/h7-8,16H,1-6H2,(H2,11,13)(H,12,15). The van der Waals surface area contributed by atoms with E-state index < -0.39 is 0 Å². The van der Waals surface area contributed by atoms with Gasteiger partial charge in [0.25, 0.3) is 0 Å². The number of amides is 2. The van der Waals surface area contributed by atoms with Crippen molar-refractivity contribution in [1.82, 2.24) is 10.2 Å². The van der Waals surface area contributed by atoms with E-state index in [-0.39, 0.29) is 17.9 Å². The highest BCUT2D eigenvalue weighted by Gasteiger charge is 2.36. The molecule has 4 N–H and O–H groups in total. The van der Waals surface area contributed by atoms with Crippen LogP contribution in [0.2, 0.25) is 0 Å². The number of hydrogen-bond donors (Lipinski definition) is 3. The van der Waals surface area contributed by atoms with Crippen molar-refractivity contribution in [2.45, 2.75) is 31.7 Å². The molecule has 0 bridgehead atoms. The van der Waals surface area contributed by atoms with E-state index in [1.807, 2.05) is 0 Å². The van der Waals surface area contributed by atoms with Crippen LogP contribution in [0.25, 0.3) is 0 Å². The second-order valence-electron chi connectivity index (χ2n) is 4.48. The average Bonchev–Trinajstić information content (AvgIpc) is 2.98. The van der Waals surface area contributed by atoms with Gasteiger partial charge in [-0.05, 0) is 31.6 Å². The Labute approximate surface area is 94.5 Å². The largest absolute Gasteiger partial charge is 0.409 e. The lowest BCUT2D eigenvalue weighted by atomic mass is 10.2. The molecule has 1 saturated heterocycles. The first-order chi connectivity index (χ1) is 7.72. The first-order valence-corrected chi connectivity index (χ1v) is 5.75. The number of oxime groups is 1. The Bertz CT molecular complexity index is 295. The molecule has 1 saturated carbocycles. The van der Waals surface area contributed by atoms with E-state index in [9.17, 15) is 4.79 Å². The zero-order valence-electron chi connectivity index (χ0n) is 9.22. The minimum atomic E-state index is -0.307. The van der Waals surface area contributed by atoms with Gasteiger partial charge in [-0.25, -0.2) is 4.79 Å². The molecule has 1 aliphatic carbocycles. The second-order valence-corrected chi connectivity index (χ2v) is 4.48. The molecule has 1 heterocycles. The summed E-state index contributed by atoms with van der Waals surface area (Å²) in [5.74, 6) is 0.442. The van der Waals surface area contributed by atoms with Gasteiger partial charge in [-0.1, -0.05) is 5.16 Å². The summed E-state index contributed by atoms with van der Waals surface area (Å²) in [4.78, 5) is 13.6. The van der Waals surface area contributed by atoms with Crippen LogP contribution in [0.1, 0.15) is 25.7 Å². The minimum Gasteiger partial charge on any atom is -0.409 e. The summed E-state index contributed by atoms with van der Waals surface area (Å²) >= 11 is 0. The molecule has 0 spiro atoms. The van der Waals surface area contributed by atoms with Crippen molar-refractivity contribution < 1.29 is 10.0 Å². The van der Waals surface area contributed by atoms with Gasteiger partial charge >= 0.3 is 6.03 Å². The van der Waals surface area contributed by atoms with E-state index in [0.29, 0.717) is 5.92 Å². The normalized spacial score (nSPS) is 23.2. The van der Waals surface area contributed by atoms with Crippen LogP contribution < -0.4 is 11.1 Å². The van der Waals surface area contributed by atoms with Crippen LogP contribution in [0, 0.1) is 5.92 Å². The molecule has 1 unspecified atom stereocenters. The van der Waals surface area contributed by atoms with Gasteiger partial charge in [-0.15, -0.1) is 0 Å². The maximum absolute atomic E-state index is 11.8. The Kier molecular flexibility index (Phi) is 3.17. The first-order valence-electron chi connectivity index (χ1n) is 5.75. The third-order valence-corrected chi connectivity index (χ3v) is 3.20. The molecule has 0 radical (unpaired) electrons. The molecule has 16 heavy (non-hydrogen) atoms. The fraction of sp³-hybridized carbons (Fsp3) is 0.800. The van der Waals surface area contributed by atoms with Crippen LogP contribution in [0.3, 0.4) is 0 Å². The Morgan fingerprint density at radius 3 is 2.56 bits per heavy atom. The number of likely N-dealkylation sites (tertiary alicyclic amines) is 1. The number of amidine groups is 1. The van der Waals surface area contributed by atoms with Crippen molar-refractivity contribution in [3.8, 4) is 0 Å². The molecular weight excluding hydrogens is 208 g/mol. The van der Waals surface area contributed by atoms with Gasteiger partial charge < -0.3 is 21.2 Å². The van der Waals surface area contributed by atoms with Crippen LogP contribution in [-0.2, 0) is 0 Å². The molecule has 2 fully saturated rings. The summed E-state index contributed by atoms with van der Waals surface area (Å²) < 4.78 is 0. The third-order valence-electron chi connectivity index (χ3n) is 3.20. The highest BCUT2D eigenvalue weighted by atomic mass is 16.4. The second kappa shape index (κ2) is 4.59. The zero-order valence-corrected chi connectivity index (χ0v) is 9.22. The van der Waals surface area contributed by atoms with E-state index in [2.05, 4.69) is 10.5 Å². The Balaban J connectivity index is 1.92. The van der Waals surface area contributed by atoms with E-state index >= 15 is 0 Å². The summed E-state index contributed by atoms with van der Waals surface area (Å²) in [5.41, 5.74) is 5.57. The number of nitrogens with zero attached hydrogens (tertiary/aromatic N) is 2. The van der Waals surface area contributed by atoms with Crippen molar-refractivity contribution in [2.75, 3.05) is 13.1 Å². The highest BCUT2D eigenvalue weighted by Crippen LogP contribution is 2.32. The molecule has 0 aromatic heterocycles. The van der Waals surface area contributed by atoms with Gasteiger partial charge in [0.05, 0.1) is 6.04 Å². The molecule has 90 valence electrons. The SMILES string of the molecule is NC(=NO)C(NC(=O)N1CCCC1)C1CC1. The summed E-state index contributed by atoms with van der Waals surface area (Å²) in [6, 6.07) is -0.404. The topological polar surface area (TPSA) is 91.0 Å². The van der Waals surface area contributed by atoms with Crippen LogP contribution >= 0.6 is 0 Å². The number of carbonyl (C=O) groups excluding carboxylic acids is 1. The van der Waals surface area contributed by atoms with Crippen LogP contribution in [0.15, 0.2) is 5.16 Å². The molecule has 2 amide bonds. The zero-order chi connectivity index (χ0) is 11.5. The van der Waals surface area contributed by atoms with Crippen LogP contribution in [0.5, 0.6) is 0 Å². The number of rotatable bonds is 3. The number of hydrogen-bond acceptors (Lipinski definition) is 3. The summed E-state index contributed by atoms with van der Waals surface area (Å²) in [5, 5.41) is 14.5. The maximum Gasteiger partial charge on any atom is 0.317 e. The van der Waals surface area contributed by atoms with Gasteiger partial charge in [0.2, 0.25) is 0 Å². The predicted molar refractivity (Wildman–Crippen MR) is 59.3 cm³/mol. The quantitative estimate of drug-likeness (QED) is 0.280. The Morgan fingerprint density at radius 1 is 1.44 bits per heavy atom. The maximum atomic E-state index is 11.8. The lowest BCUT2D eigenvalue weighted by Crippen LogP contribution is -2.50. The average molecular weight is 226 g/mol. The number of urea groups is 1. The monoisotopic (exact) mass is 226 g/mol. The van der Waals surface area contributed by atoms with Gasteiger partial charge in [0.15, 0.2) is 5.84 Å². The Hall–Kier alpha value is -1.46. The van der Waals surface area contributed by atoms with Gasteiger partial charge in [-0.3, -0.25) is 0 Å². The van der Waals surface area contributed by atoms with Crippen molar-refractivity contribution in [3.05, 3.63) is 0 Å². The van der Waals surface area contributed by atoms with Gasteiger partial charge in [-0.2, -0.15) is 0 Å². The van der Waals surface area contributed by atoms with Crippen LogP contribution in [0.4, 0.5) is 4.79 Å². The lowest BCUT2D eigenvalue weighted by Gasteiger charge is -2.22. The third kappa shape index (κ3) is 2.37. The minimum absolute atomic E-state index is 0.0963. The van der Waals surface area contributed by atoms with Crippen molar-refractivity contribution >= 4 is 11.9 Å². The number of nitrogens with two attached hydrogens (primary N) is 1. The van der Waals surface area contributed by atoms with E-state index in [0.717, 1.165) is 38.8 Å².